The Morgan fingerprint density at radius 2 is 2.00 bits per heavy atom. The Hall–Kier alpha value is -1.94. The average molecular weight is 288 g/mol. The Bertz CT molecular complexity index is 614. The zero-order chi connectivity index (χ0) is 15.2. The SMILES string of the molecule is CCCNCc1cc(C)nc(Oc2cc(C)ccc2F)c1. The summed E-state index contributed by atoms with van der Waals surface area (Å²) in [5.74, 6) is 0.253. The van der Waals surface area contributed by atoms with Crippen LogP contribution in [0.3, 0.4) is 0 Å². The molecule has 3 nitrogen and oxygen atoms in total. The molecule has 0 atom stereocenters. The molecule has 0 spiro atoms. The zero-order valence-corrected chi connectivity index (χ0v) is 12.7. The molecule has 0 bridgehead atoms. The summed E-state index contributed by atoms with van der Waals surface area (Å²) in [6.07, 6.45) is 1.09. The lowest BCUT2D eigenvalue weighted by Gasteiger charge is -2.10. The number of halogens is 1. The van der Waals surface area contributed by atoms with Gasteiger partial charge in [-0.1, -0.05) is 13.0 Å². The van der Waals surface area contributed by atoms with Crippen LogP contribution in [0.15, 0.2) is 30.3 Å². The van der Waals surface area contributed by atoms with Crippen molar-refractivity contribution in [3.8, 4) is 11.6 Å². The smallest absolute Gasteiger partial charge is 0.219 e. The van der Waals surface area contributed by atoms with E-state index >= 15 is 0 Å². The fraction of sp³-hybridized carbons (Fsp3) is 0.353. The molecule has 0 radical (unpaired) electrons. The maximum atomic E-state index is 13.7. The predicted octanol–water partition coefficient (Wildman–Crippen LogP) is 4.13. The van der Waals surface area contributed by atoms with E-state index in [2.05, 4.69) is 17.2 Å². The van der Waals surface area contributed by atoms with Gasteiger partial charge >= 0.3 is 0 Å². The Labute approximate surface area is 125 Å². The molecule has 112 valence electrons. The molecule has 0 saturated carbocycles. The summed E-state index contributed by atoms with van der Waals surface area (Å²) < 4.78 is 19.3. The molecule has 0 aliphatic carbocycles. The van der Waals surface area contributed by atoms with Crippen LogP contribution in [0.2, 0.25) is 0 Å². The van der Waals surface area contributed by atoms with Crippen molar-refractivity contribution in [2.45, 2.75) is 33.7 Å². The average Bonchev–Trinajstić information content (AvgIpc) is 2.43. The van der Waals surface area contributed by atoms with Crippen LogP contribution in [0.4, 0.5) is 4.39 Å². The number of nitrogens with one attached hydrogen (secondary N) is 1. The predicted molar refractivity (Wildman–Crippen MR) is 82.2 cm³/mol. The Morgan fingerprint density at radius 1 is 1.19 bits per heavy atom. The van der Waals surface area contributed by atoms with E-state index in [-0.39, 0.29) is 11.6 Å². The van der Waals surface area contributed by atoms with Gasteiger partial charge in [0.15, 0.2) is 11.6 Å². The number of nitrogens with zero attached hydrogens (tertiary/aromatic N) is 1. The van der Waals surface area contributed by atoms with Crippen molar-refractivity contribution in [2.75, 3.05) is 6.54 Å². The van der Waals surface area contributed by atoms with Crippen LogP contribution in [-0.2, 0) is 6.54 Å². The number of benzene rings is 1. The molecule has 21 heavy (non-hydrogen) atoms. The molecular formula is C17H21FN2O. The van der Waals surface area contributed by atoms with Crippen molar-refractivity contribution in [3.05, 3.63) is 53.0 Å². The highest BCUT2D eigenvalue weighted by molar-refractivity contribution is 5.34. The third-order valence-corrected chi connectivity index (χ3v) is 3.05. The lowest BCUT2D eigenvalue weighted by Crippen LogP contribution is -2.14. The molecule has 1 heterocycles. The van der Waals surface area contributed by atoms with Crippen LogP contribution < -0.4 is 10.1 Å². The number of pyridine rings is 1. The van der Waals surface area contributed by atoms with Crippen LogP contribution in [0.25, 0.3) is 0 Å². The summed E-state index contributed by atoms with van der Waals surface area (Å²) in [6, 6.07) is 8.64. The number of hydrogen-bond acceptors (Lipinski definition) is 3. The topological polar surface area (TPSA) is 34.2 Å². The minimum Gasteiger partial charge on any atom is -0.436 e. The minimum absolute atomic E-state index is 0.209. The molecule has 2 rings (SSSR count). The van der Waals surface area contributed by atoms with Crippen LogP contribution in [-0.4, -0.2) is 11.5 Å². The van der Waals surface area contributed by atoms with Crippen molar-refractivity contribution >= 4 is 0 Å². The highest BCUT2D eigenvalue weighted by atomic mass is 19.1. The van der Waals surface area contributed by atoms with Crippen molar-refractivity contribution in [3.63, 3.8) is 0 Å². The Morgan fingerprint density at radius 3 is 2.76 bits per heavy atom. The second kappa shape index (κ2) is 7.18. The van der Waals surface area contributed by atoms with Gasteiger partial charge in [-0.2, -0.15) is 0 Å². The van der Waals surface area contributed by atoms with Gasteiger partial charge in [0.25, 0.3) is 0 Å². The van der Waals surface area contributed by atoms with E-state index in [0.717, 1.165) is 36.3 Å². The number of rotatable bonds is 6. The monoisotopic (exact) mass is 288 g/mol. The van der Waals surface area contributed by atoms with Gasteiger partial charge < -0.3 is 10.1 Å². The molecular weight excluding hydrogens is 267 g/mol. The first kappa shape index (κ1) is 15.4. The van der Waals surface area contributed by atoms with E-state index in [0.29, 0.717) is 5.88 Å². The van der Waals surface area contributed by atoms with E-state index in [9.17, 15) is 4.39 Å². The lowest BCUT2D eigenvalue weighted by molar-refractivity contribution is 0.425. The number of ether oxygens (including phenoxy) is 1. The van der Waals surface area contributed by atoms with Crippen LogP contribution >= 0.6 is 0 Å². The van der Waals surface area contributed by atoms with Gasteiger partial charge in [0.05, 0.1) is 0 Å². The van der Waals surface area contributed by atoms with Crippen molar-refractivity contribution in [1.82, 2.24) is 10.3 Å². The van der Waals surface area contributed by atoms with Crippen molar-refractivity contribution < 1.29 is 9.13 Å². The summed E-state index contributed by atoms with van der Waals surface area (Å²) in [5.41, 5.74) is 2.89. The molecule has 1 N–H and O–H groups in total. The van der Waals surface area contributed by atoms with E-state index < -0.39 is 0 Å². The maximum absolute atomic E-state index is 13.7. The van der Waals surface area contributed by atoms with Gasteiger partial charge in [-0.3, -0.25) is 0 Å². The van der Waals surface area contributed by atoms with Gasteiger partial charge in [-0.25, -0.2) is 9.37 Å². The molecule has 2 aromatic rings. The van der Waals surface area contributed by atoms with E-state index in [4.69, 9.17) is 4.74 Å². The largest absolute Gasteiger partial charge is 0.436 e. The lowest BCUT2D eigenvalue weighted by atomic mass is 10.2. The minimum atomic E-state index is -0.380. The number of hydrogen-bond donors (Lipinski definition) is 1. The molecule has 0 unspecified atom stereocenters. The Kier molecular flexibility index (Phi) is 5.28. The molecule has 0 aliphatic heterocycles. The molecule has 0 aliphatic rings. The maximum Gasteiger partial charge on any atom is 0.219 e. The first-order valence-electron chi connectivity index (χ1n) is 7.20. The first-order chi connectivity index (χ1) is 10.1. The quantitative estimate of drug-likeness (QED) is 0.812. The van der Waals surface area contributed by atoms with E-state index in [1.54, 1.807) is 12.1 Å². The standard InChI is InChI=1S/C17H21FN2O/c1-4-7-19-11-14-9-13(3)20-17(10-14)21-16-8-12(2)5-6-15(16)18/h5-6,8-10,19H,4,7,11H2,1-3H3. The highest BCUT2D eigenvalue weighted by Gasteiger charge is 2.07. The third kappa shape index (κ3) is 4.53. The summed E-state index contributed by atoms with van der Waals surface area (Å²) in [6.45, 7) is 7.65. The van der Waals surface area contributed by atoms with E-state index in [1.165, 1.54) is 6.07 Å². The van der Waals surface area contributed by atoms with Gasteiger partial charge in [-0.05, 0) is 56.1 Å². The van der Waals surface area contributed by atoms with Crippen LogP contribution in [0.1, 0.15) is 30.2 Å². The normalized spacial score (nSPS) is 10.7. The van der Waals surface area contributed by atoms with Crippen LogP contribution in [0, 0.1) is 19.7 Å². The number of aromatic nitrogens is 1. The van der Waals surface area contributed by atoms with Crippen molar-refractivity contribution in [1.29, 1.82) is 0 Å². The van der Waals surface area contributed by atoms with Crippen molar-refractivity contribution in [2.24, 2.45) is 0 Å². The molecule has 1 aromatic heterocycles. The fourth-order valence-corrected chi connectivity index (χ4v) is 2.07. The second-order valence-corrected chi connectivity index (χ2v) is 5.17. The van der Waals surface area contributed by atoms with Gasteiger partial charge in [0.2, 0.25) is 5.88 Å². The van der Waals surface area contributed by atoms with Gasteiger partial charge in [0.1, 0.15) is 0 Å². The molecule has 4 heteroatoms. The first-order valence-corrected chi connectivity index (χ1v) is 7.20. The van der Waals surface area contributed by atoms with Gasteiger partial charge in [-0.15, -0.1) is 0 Å². The molecule has 1 aromatic carbocycles. The van der Waals surface area contributed by atoms with E-state index in [1.807, 2.05) is 26.0 Å². The highest BCUT2D eigenvalue weighted by Crippen LogP contribution is 2.25. The number of aryl methyl sites for hydroxylation is 2. The van der Waals surface area contributed by atoms with Gasteiger partial charge in [0, 0.05) is 18.3 Å². The summed E-state index contributed by atoms with van der Waals surface area (Å²) in [5, 5.41) is 3.33. The summed E-state index contributed by atoms with van der Waals surface area (Å²) >= 11 is 0. The second-order valence-electron chi connectivity index (χ2n) is 5.17. The molecule has 0 amide bonds. The summed E-state index contributed by atoms with van der Waals surface area (Å²) in [4.78, 5) is 4.31. The Balaban J connectivity index is 2.17. The fourth-order valence-electron chi connectivity index (χ4n) is 2.07. The van der Waals surface area contributed by atoms with Crippen LogP contribution in [0.5, 0.6) is 11.6 Å². The third-order valence-electron chi connectivity index (χ3n) is 3.05. The summed E-state index contributed by atoms with van der Waals surface area (Å²) in [7, 11) is 0. The zero-order valence-electron chi connectivity index (χ0n) is 12.7. The molecule has 0 fully saturated rings. The molecule has 0 saturated heterocycles.